The zero-order valence-corrected chi connectivity index (χ0v) is 22.5. The number of nitrogens with one attached hydrogen (secondary N) is 1. The Kier molecular flexibility index (Phi) is 7.65. The lowest BCUT2D eigenvalue weighted by atomic mass is 10.1. The molecular weight excluding hydrogens is 548 g/mol. The second-order valence-electron chi connectivity index (χ2n) is 8.76. The zero-order chi connectivity index (χ0) is 26.8. The third kappa shape index (κ3) is 5.67. The van der Waals surface area contributed by atoms with Gasteiger partial charge in [0.05, 0.1) is 39.5 Å². The largest absolute Gasteiger partial charge is 0.414 e. The summed E-state index contributed by atoms with van der Waals surface area (Å²) in [6, 6.07) is 20.1. The van der Waals surface area contributed by atoms with E-state index in [1.54, 1.807) is 35.0 Å². The smallest absolute Gasteiger partial charge is 0.389 e. The summed E-state index contributed by atoms with van der Waals surface area (Å²) in [6.45, 7) is 1.84. The molecule has 1 unspecified atom stereocenters. The van der Waals surface area contributed by atoms with E-state index in [0.717, 1.165) is 11.1 Å². The van der Waals surface area contributed by atoms with Gasteiger partial charge >= 0.3 is 6.09 Å². The van der Waals surface area contributed by atoms with Gasteiger partial charge in [-0.15, -0.1) is 5.10 Å². The van der Waals surface area contributed by atoms with E-state index in [2.05, 4.69) is 10.4 Å². The first-order valence-corrected chi connectivity index (χ1v) is 13.9. The van der Waals surface area contributed by atoms with E-state index in [1.807, 2.05) is 43.3 Å². The summed E-state index contributed by atoms with van der Waals surface area (Å²) >= 11 is 12.6. The molecule has 10 heteroatoms. The third-order valence-electron chi connectivity index (χ3n) is 6.04. The van der Waals surface area contributed by atoms with Crippen molar-refractivity contribution in [3.05, 3.63) is 111 Å². The average Bonchev–Trinajstić information content (AvgIpc) is 3.23. The van der Waals surface area contributed by atoms with Gasteiger partial charge in [-0.1, -0.05) is 65.7 Å². The fourth-order valence-electron chi connectivity index (χ4n) is 4.24. The van der Waals surface area contributed by atoms with Crippen LogP contribution in [0.1, 0.15) is 35.3 Å². The molecule has 0 bridgehead atoms. The highest BCUT2D eigenvalue weighted by Gasteiger charge is 2.31. The highest BCUT2D eigenvalue weighted by molar-refractivity contribution is 7.84. The van der Waals surface area contributed by atoms with Crippen molar-refractivity contribution in [2.45, 2.75) is 18.7 Å². The van der Waals surface area contributed by atoms with Crippen molar-refractivity contribution in [3.8, 4) is 11.6 Å². The lowest BCUT2D eigenvalue weighted by Gasteiger charge is -2.18. The highest BCUT2D eigenvalue weighted by Crippen LogP contribution is 2.38. The summed E-state index contributed by atoms with van der Waals surface area (Å²) in [5.41, 5.74) is 3.95. The maximum absolute atomic E-state index is 13.5. The topological polar surface area (TPSA) is 73.2 Å². The van der Waals surface area contributed by atoms with Crippen LogP contribution >= 0.6 is 23.2 Å². The molecule has 38 heavy (non-hydrogen) atoms. The molecule has 4 aromatic rings. The molecular formula is C28H22Cl2FN3O3S. The molecule has 1 aromatic heterocycles. The van der Waals surface area contributed by atoms with E-state index < -0.39 is 16.9 Å². The Bertz CT molecular complexity index is 1560. The number of fused-ring (bicyclic) bond motifs is 1. The Hall–Kier alpha value is -3.46. The van der Waals surface area contributed by atoms with Gasteiger partial charge in [-0.2, -0.15) is 0 Å². The van der Waals surface area contributed by atoms with E-state index in [1.165, 1.54) is 12.1 Å². The van der Waals surface area contributed by atoms with Crippen molar-refractivity contribution in [2.75, 3.05) is 5.75 Å². The first kappa shape index (κ1) is 26.2. The lowest BCUT2D eigenvalue weighted by Crippen LogP contribution is -2.30. The molecule has 0 saturated heterocycles. The van der Waals surface area contributed by atoms with Crippen molar-refractivity contribution in [1.29, 1.82) is 0 Å². The molecule has 0 radical (unpaired) electrons. The molecule has 1 aliphatic rings. The number of aromatic nitrogens is 2. The predicted octanol–water partition coefficient (Wildman–Crippen LogP) is 6.97. The van der Waals surface area contributed by atoms with E-state index in [0.29, 0.717) is 32.6 Å². The Morgan fingerprint density at radius 2 is 1.84 bits per heavy atom. The summed E-state index contributed by atoms with van der Waals surface area (Å²) in [5, 5.41) is 8.18. The third-order valence-corrected chi connectivity index (χ3v) is 7.83. The van der Waals surface area contributed by atoms with E-state index in [9.17, 15) is 13.4 Å². The van der Waals surface area contributed by atoms with Crippen LogP contribution in [0.25, 0.3) is 17.3 Å². The van der Waals surface area contributed by atoms with Gasteiger partial charge in [0.2, 0.25) is 5.88 Å². The van der Waals surface area contributed by atoms with Crippen LogP contribution in [0.5, 0.6) is 5.88 Å². The van der Waals surface area contributed by atoms with Gasteiger partial charge in [0.1, 0.15) is 5.82 Å². The van der Waals surface area contributed by atoms with Crippen molar-refractivity contribution in [3.63, 3.8) is 0 Å². The van der Waals surface area contributed by atoms with Crippen LogP contribution in [-0.4, -0.2) is 25.8 Å². The van der Waals surface area contributed by atoms with Gasteiger partial charge in [0.15, 0.2) is 0 Å². The number of carbonyl (C=O) groups excluding carboxylic acids is 1. The van der Waals surface area contributed by atoms with Crippen molar-refractivity contribution in [2.24, 2.45) is 0 Å². The number of benzene rings is 3. The molecule has 0 aliphatic carbocycles. The average molecular weight is 570 g/mol. The minimum absolute atomic E-state index is 0.0295. The van der Waals surface area contributed by atoms with Crippen LogP contribution in [0.4, 0.5) is 9.18 Å². The van der Waals surface area contributed by atoms with E-state index in [-0.39, 0.29) is 29.2 Å². The Balaban J connectivity index is 1.57. The number of hydrogen-bond acceptors (Lipinski definition) is 4. The monoisotopic (exact) mass is 569 g/mol. The summed E-state index contributed by atoms with van der Waals surface area (Å²) < 4.78 is 33.6. The Labute approximate surface area is 231 Å². The van der Waals surface area contributed by atoms with Crippen molar-refractivity contribution >= 4 is 51.7 Å². The number of hydrogen-bond donors (Lipinski definition) is 1. The number of amides is 1. The molecule has 1 aliphatic heterocycles. The lowest BCUT2D eigenvalue weighted by molar-refractivity contribution is 0.194. The summed E-state index contributed by atoms with van der Waals surface area (Å²) in [7, 11) is -1.29. The molecule has 5 rings (SSSR count). The second kappa shape index (κ2) is 11.1. The number of carbonyl (C=O) groups is 1. The van der Waals surface area contributed by atoms with E-state index >= 15 is 0 Å². The first-order valence-electron chi connectivity index (χ1n) is 11.7. The maximum Gasteiger partial charge on any atom is 0.414 e. The molecule has 0 fully saturated rings. The maximum atomic E-state index is 13.5. The summed E-state index contributed by atoms with van der Waals surface area (Å²) in [4.78, 5) is 12.9. The van der Waals surface area contributed by atoms with Crippen molar-refractivity contribution in [1.82, 2.24) is 15.1 Å². The molecule has 1 amide bonds. The zero-order valence-electron chi connectivity index (χ0n) is 20.2. The minimum Gasteiger partial charge on any atom is -0.389 e. The van der Waals surface area contributed by atoms with Crippen LogP contribution < -0.4 is 10.1 Å². The van der Waals surface area contributed by atoms with Crippen LogP contribution in [0.3, 0.4) is 0 Å². The molecule has 194 valence electrons. The molecule has 3 aromatic carbocycles. The SMILES string of the molecule is C[C@@H](NC(=O)Oc1nn(-c2ccc(Cl)cc2Cl)c2c1CS(=O)C/C2=C\c1ccc(F)cc1)c1ccccc1. The molecule has 2 heterocycles. The molecule has 0 spiro atoms. The predicted molar refractivity (Wildman–Crippen MR) is 149 cm³/mol. The summed E-state index contributed by atoms with van der Waals surface area (Å²) in [6.07, 6.45) is 1.12. The highest BCUT2D eigenvalue weighted by atomic mass is 35.5. The molecule has 0 saturated carbocycles. The number of ether oxygens (including phenoxy) is 1. The van der Waals surface area contributed by atoms with Gasteiger partial charge in [0, 0.05) is 15.8 Å². The standard InChI is InChI=1S/C28H22Cl2FN3O3S/c1-17(19-5-3-2-4-6-19)32-28(35)37-27-23-16-38(36)15-20(13-18-7-10-22(31)11-8-18)26(23)34(33-27)25-12-9-21(29)14-24(25)30/h2-14,17H,15-16H2,1H3,(H,32,35)/b20-13+/t17-,38?/m1/s1. The Morgan fingerprint density at radius 3 is 2.55 bits per heavy atom. The van der Waals surface area contributed by atoms with Crippen LogP contribution in [-0.2, 0) is 16.6 Å². The number of nitrogens with zero attached hydrogens (tertiary/aromatic N) is 2. The number of halogens is 3. The van der Waals surface area contributed by atoms with Gasteiger partial charge in [-0.3, -0.25) is 4.21 Å². The van der Waals surface area contributed by atoms with Gasteiger partial charge < -0.3 is 10.1 Å². The van der Waals surface area contributed by atoms with Gasteiger partial charge in [-0.25, -0.2) is 13.9 Å². The first-order chi connectivity index (χ1) is 18.3. The van der Waals surface area contributed by atoms with Crippen molar-refractivity contribution < 1.29 is 18.1 Å². The van der Waals surface area contributed by atoms with Crippen LogP contribution in [0, 0.1) is 5.82 Å². The fourth-order valence-corrected chi connectivity index (χ4v) is 5.98. The van der Waals surface area contributed by atoms with Crippen LogP contribution in [0.2, 0.25) is 10.0 Å². The summed E-state index contributed by atoms with van der Waals surface area (Å²) in [5.74, 6) is 0.0437. The van der Waals surface area contributed by atoms with Crippen LogP contribution in [0.15, 0.2) is 72.8 Å². The second-order valence-corrected chi connectivity index (χ2v) is 11.1. The van der Waals surface area contributed by atoms with E-state index in [4.69, 9.17) is 27.9 Å². The molecule has 1 N–H and O–H groups in total. The quantitative estimate of drug-likeness (QED) is 0.281. The minimum atomic E-state index is -1.29. The van der Waals surface area contributed by atoms with Gasteiger partial charge in [-0.05, 0) is 60.0 Å². The fraction of sp³-hybridized carbons (Fsp3) is 0.143. The molecule has 2 atom stereocenters. The Morgan fingerprint density at radius 1 is 1.11 bits per heavy atom. The van der Waals surface area contributed by atoms with Gasteiger partial charge in [0.25, 0.3) is 0 Å². The number of rotatable bonds is 5. The molecule has 6 nitrogen and oxygen atoms in total. The normalized spacial score (nSPS) is 16.6.